The molecule has 1 heteroatoms. The highest BCUT2D eigenvalue weighted by Gasteiger charge is 2.17. The number of rotatable bonds is 7. The maximum Gasteiger partial charge on any atom is 0.119 e. The number of allylic oxidation sites excluding steroid dienone is 3. The van der Waals surface area contributed by atoms with Gasteiger partial charge in [-0.05, 0) is 79.9 Å². The Morgan fingerprint density at radius 3 is 2.40 bits per heavy atom. The van der Waals surface area contributed by atoms with Crippen molar-refractivity contribution in [2.45, 2.75) is 58.8 Å². The molecule has 0 amide bonds. The molecule has 1 aromatic rings. The van der Waals surface area contributed by atoms with Crippen LogP contribution in [0.1, 0.15) is 64.4 Å². The molecule has 0 bridgehead atoms. The third-order valence-corrected chi connectivity index (χ3v) is 5.01. The first-order valence-electron chi connectivity index (χ1n) is 9.89. The fourth-order valence-electron chi connectivity index (χ4n) is 3.22. The van der Waals surface area contributed by atoms with Gasteiger partial charge in [-0.2, -0.15) is 0 Å². The summed E-state index contributed by atoms with van der Waals surface area (Å²) in [4.78, 5) is 0. The average Bonchev–Trinajstić information content (AvgIpc) is 2.66. The summed E-state index contributed by atoms with van der Waals surface area (Å²) in [5.41, 5.74) is 1.15. The highest BCUT2D eigenvalue weighted by molar-refractivity contribution is 5.54. The molecular weight excluding hydrogens is 304 g/mol. The molecule has 1 aromatic carbocycles. The van der Waals surface area contributed by atoms with Crippen molar-refractivity contribution >= 4 is 6.08 Å². The summed E-state index contributed by atoms with van der Waals surface area (Å²) in [6.45, 7) is 5.28. The Morgan fingerprint density at radius 1 is 1.00 bits per heavy atom. The summed E-state index contributed by atoms with van der Waals surface area (Å²) in [6, 6.07) is 8.19. The van der Waals surface area contributed by atoms with Crippen LogP contribution in [0.3, 0.4) is 0 Å². The molecule has 0 aromatic heterocycles. The summed E-state index contributed by atoms with van der Waals surface area (Å²) >= 11 is 0. The zero-order valence-electron chi connectivity index (χ0n) is 15.8. The normalized spacial score (nSPS) is 20.6. The van der Waals surface area contributed by atoms with Crippen LogP contribution in [-0.4, -0.2) is 6.61 Å². The van der Waals surface area contributed by atoms with Crippen molar-refractivity contribution < 1.29 is 4.74 Å². The molecule has 1 aliphatic carbocycles. The van der Waals surface area contributed by atoms with Gasteiger partial charge in [0, 0.05) is 0 Å². The minimum absolute atomic E-state index is 0.737. The van der Waals surface area contributed by atoms with E-state index in [0.717, 1.165) is 42.6 Å². The molecule has 1 aliphatic rings. The van der Waals surface area contributed by atoms with Crippen LogP contribution in [0.25, 0.3) is 6.08 Å². The van der Waals surface area contributed by atoms with E-state index in [4.69, 9.17) is 4.74 Å². The topological polar surface area (TPSA) is 9.23 Å². The molecule has 0 saturated heterocycles. The minimum Gasteiger partial charge on any atom is -0.494 e. The first-order valence-corrected chi connectivity index (χ1v) is 9.89. The van der Waals surface area contributed by atoms with E-state index in [1.165, 1.54) is 32.1 Å². The van der Waals surface area contributed by atoms with Crippen LogP contribution in [-0.2, 0) is 0 Å². The van der Waals surface area contributed by atoms with Gasteiger partial charge in [0.1, 0.15) is 5.75 Å². The molecule has 0 radical (unpaired) electrons. The lowest BCUT2D eigenvalue weighted by Crippen LogP contribution is -2.11. The van der Waals surface area contributed by atoms with Gasteiger partial charge in [0.05, 0.1) is 6.61 Å². The van der Waals surface area contributed by atoms with Crippen LogP contribution in [0, 0.1) is 23.7 Å². The first kappa shape index (κ1) is 19.4. The highest BCUT2D eigenvalue weighted by atomic mass is 16.5. The minimum atomic E-state index is 0.737. The molecule has 25 heavy (non-hydrogen) atoms. The summed E-state index contributed by atoms with van der Waals surface area (Å²) in [6.07, 6.45) is 17.3. The molecule has 0 heterocycles. The van der Waals surface area contributed by atoms with E-state index in [-0.39, 0.29) is 0 Å². The lowest BCUT2D eigenvalue weighted by Gasteiger charge is -2.25. The molecule has 0 unspecified atom stereocenters. The Labute approximate surface area is 154 Å². The standard InChI is InChI=1S/C24H32O/c1-3-5-20-25-24-18-16-23(17-19-24)11-9-7-6-8-10-22-14-12-21(4-2)13-15-22/h8-11,16-19,21-22H,3-5,12-15,20H2,1-2H3/b10-8+,11-9+/t21-,22-. The summed E-state index contributed by atoms with van der Waals surface area (Å²) in [5.74, 6) is 8.87. The maximum absolute atomic E-state index is 5.67. The van der Waals surface area contributed by atoms with Gasteiger partial charge in [-0.25, -0.2) is 0 Å². The molecule has 1 nitrogen and oxygen atoms in total. The summed E-state index contributed by atoms with van der Waals surface area (Å²) < 4.78 is 5.67. The fraction of sp³-hybridized carbons (Fsp3) is 0.500. The van der Waals surface area contributed by atoms with Gasteiger partial charge in [-0.3, -0.25) is 0 Å². The van der Waals surface area contributed by atoms with Crippen LogP contribution in [0.4, 0.5) is 0 Å². The number of unbranched alkanes of at least 4 members (excludes halogenated alkanes) is 1. The second-order valence-electron chi connectivity index (χ2n) is 6.94. The van der Waals surface area contributed by atoms with Gasteiger partial charge >= 0.3 is 0 Å². The van der Waals surface area contributed by atoms with Gasteiger partial charge in [0.2, 0.25) is 0 Å². The number of hydrogen-bond acceptors (Lipinski definition) is 1. The lowest BCUT2D eigenvalue weighted by atomic mass is 9.81. The molecule has 0 N–H and O–H groups in total. The molecule has 134 valence electrons. The molecule has 0 spiro atoms. The van der Waals surface area contributed by atoms with E-state index < -0.39 is 0 Å². The fourth-order valence-corrected chi connectivity index (χ4v) is 3.22. The van der Waals surface area contributed by atoms with Gasteiger partial charge < -0.3 is 4.74 Å². The monoisotopic (exact) mass is 336 g/mol. The first-order chi connectivity index (χ1) is 12.3. The second kappa shape index (κ2) is 11.6. The van der Waals surface area contributed by atoms with Crippen LogP contribution in [0.15, 0.2) is 42.5 Å². The van der Waals surface area contributed by atoms with Crippen molar-refractivity contribution in [2.24, 2.45) is 11.8 Å². The lowest BCUT2D eigenvalue weighted by molar-refractivity contribution is 0.304. The highest BCUT2D eigenvalue weighted by Crippen LogP contribution is 2.31. The smallest absolute Gasteiger partial charge is 0.119 e. The Kier molecular flexibility index (Phi) is 8.98. The van der Waals surface area contributed by atoms with Crippen molar-refractivity contribution in [3.63, 3.8) is 0 Å². The third-order valence-electron chi connectivity index (χ3n) is 5.01. The molecule has 2 rings (SSSR count). The molecule has 0 atom stereocenters. The summed E-state index contributed by atoms with van der Waals surface area (Å²) in [7, 11) is 0. The predicted molar refractivity (Wildman–Crippen MR) is 109 cm³/mol. The second-order valence-corrected chi connectivity index (χ2v) is 6.94. The van der Waals surface area contributed by atoms with Crippen LogP contribution in [0.5, 0.6) is 5.75 Å². The molecule has 0 aliphatic heterocycles. The van der Waals surface area contributed by atoms with Crippen molar-refractivity contribution in [1.29, 1.82) is 0 Å². The zero-order chi connectivity index (χ0) is 17.7. The third kappa shape index (κ3) is 7.65. The van der Waals surface area contributed by atoms with Crippen LogP contribution < -0.4 is 4.74 Å². The van der Waals surface area contributed by atoms with E-state index in [9.17, 15) is 0 Å². The van der Waals surface area contributed by atoms with Gasteiger partial charge in [0.25, 0.3) is 0 Å². The van der Waals surface area contributed by atoms with Crippen molar-refractivity contribution in [3.8, 4) is 17.6 Å². The number of benzene rings is 1. The SMILES string of the molecule is CCCCOc1ccc(/C=C/C#C/C=C/[C@H]2CC[C@H](CC)CC2)cc1. The van der Waals surface area contributed by atoms with E-state index in [1.54, 1.807) is 0 Å². The maximum atomic E-state index is 5.67. The Hall–Kier alpha value is -1.94. The number of hydrogen-bond donors (Lipinski definition) is 0. The Morgan fingerprint density at radius 2 is 1.72 bits per heavy atom. The van der Waals surface area contributed by atoms with E-state index in [0.29, 0.717) is 0 Å². The van der Waals surface area contributed by atoms with Crippen LogP contribution >= 0.6 is 0 Å². The molecule has 1 saturated carbocycles. The quantitative estimate of drug-likeness (QED) is 0.400. The van der Waals surface area contributed by atoms with Crippen molar-refractivity contribution in [1.82, 2.24) is 0 Å². The van der Waals surface area contributed by atoms with Gasteiger partial charge in [0.15, 0.2) is 0 Å². The Balaban J connectivity index is 1.72. The van der Waals surface area contributed by atoms with E-state index in [2.05, 4.69) is 43.9 Å². The van der Waals surface area contributed by atoms with E-state index in [1.807, 2.05) is 30.4 Å². The Bertz CT molecular complexity index is 589. The summed E-state index contributed by atoms with van der Waals surface area (Å²) in [5, 5.41) is 0. The zero-order valence-corrected chi connectivity index (χ0v) is 15.8. The van der Waals surface area contributed by atoms with E-state index >= 15 is 0 Å². The van der Waals surface area contributed by atoms with Gasteiger partial charge in [-0.1, -0.05) is 56.7 Å². The predicted octanol–water partition coefficient (Wildman–Crippen LogP) is 6.65. The van der Waals surface area contributed by atoms with Crippen LogP contribution in [0.2, 0.25) is 0 Å². The number of ether oxygens (including phenoxy) is 1. The average molecular weight is 337 g/mol. The molecular formula is C24H32O. The van der Waals surface area contributed by atoms with Crippen molar-refractivity contribution in [2.75, 3.05) is 6.61 Å². The largest absolute Gasteiger partial charge is 0.494 e. The van der Waals surface area contributed by atoms with Gasteiger partial charge in [-0.15, -0.1) is 0 Å². The molecule has 1 fully saturated rings. The van der Waals surface area contributed by atoms with Crippen molar-refractivity contribution in [3.05, 3.63) is 48.1 Å².